The molecule has 100 valence electrons. The van der Waals surface area contributed by atoms with Crippen LogP contribution in [-0.4, -0.2) is 23.5 Å². The van der Waals surface area contributed by atoms with Crippen LogP contribution < -0.4 is 5.32 Å². The van der Waals surface area contributed by atoms with Crippen molar-refractivity contribution in [1.82, 2.24) is 5.32 Å². The van der Waals surface area contributed by atoms with Crippen molar-refractivity contribution in [1.29, 1.82) is 0 Å². The average molecular weight is 269 g/mol. The number of hydrogen-bond donors (Lipinski definition) is 1. The zero-order chi connectivity index (χ0) is 13.8. The third kappa shape index (κ3) is 4.49. The Balaban J connectivity index is 2.63. The van der Waals surface area contributed by atoms with Gasteiger partial charge in [0.1, 0.15) is 5.60 Å². The van der Waals surface area contributed by atoms with E-state index in [1.165, 1.54) is 11.3 Å². The highest BCUT2D eigenvalue weighted by Gasteiger charge is 2.23. The molecule has 0 spiro atoms. The van der Waals surface area contributed by atoms with Crippen molar-refractivity contribution in [3.8, 4) is 0 Å². The Kier molecular flexibility index (Phi) is 4.90. The molecule has 0 fully saturated rings. The lowest BCUT2D eigenvalue weighted by molar-refractivity contribution is 0.0490. The lowest BCUT2D eigenvalue weighted by atomic mass is 10.1. The predicted molar refractivity (Wildman–Crippen MR) is 72.1 cm³/mol. The maximum absolute atomic E-state index is 12.1. The minimum atomic E-state index is -0.562. The number of amides is 1. The van der Waals surface area contributed by atoms with Crippen LogP contribution >= 0.6 is 11.3 Å². The topological polar surface area (TPSA) is 55.4 Å². The van der Waals surface area contributed by atoms with Gasteiger partial charge >= 0.3 is 6.09 Å². The van der Waals surface area contributed by atoms with Crippen LogP contribution in [0.2, 0.25) is 0 Å². The van der Waals surface area contributed by atoms with Crippen LogP contribution in [0.15, 0.2) is 16.8 Å². The molecule has 1 atom stereocenters. The normalized spacial score (nSPS) is 12.9. The predicted octanol–water partition coefficient (Wildman–Crippen LogP) is 3.23. The number of hydrogen-bond acceptors (Lipinski definition) is 4. The number of thiophene rings is 1. The van der Waals surface area contributed by atoms with E-state index in [2.05, 4.69) is 5.32 Å². The van der Waals surface area contributed by atoms with Gasteiger partial charge < -0.3 is 10.1 Å². The SMILES string of the molecule is CC[C@@H](NC(=O)OC(C)(C)C)C(=O)c1ccsc1. The van der Waals surface area contributed by atoms with Crippen LogP contribution in [0.25, 0.3) is 0 Å². The van der Waals surface area contributed by atoms with Crippen molar-refractivity contribution < 1.29 is 14.3 Å². The number of carbonyl (C=O) groups excluding carboxylic acids is 2. The Labute approximate surface area is 111 Å². The first-order chi connectivity index (χ1) is 8.33. The van der Waals surface area contributed by atoms with E-state index in [-0.39, 0.29) is 5.78 Å². The van der Waals surface area contributed by atoms with Gasteiger partial charge in [0.15, 0.2) is 5.78 Å². The van der Waals surface area contributed by atoms with E-state index in [1.54, 1.807) is 32.2 Å². The van der Waals surface area contributed by atoms with Crippen LogP contribution in [0, 0.1) is 0 Å². The molecule has 5 heteroatoms. The van der Waals surface area contributed by atoms with E-state index in [4.69, 9.17) is 4.74 Å². The fourth-order valence-electron chi connectivity index (χ4n) is 1.41. The minimum absolute atomic E-state index is 0.0791. The Morgan fingerprint density at radius 2 is 2.11 bits per heavy atom. The van der Waals surface area contributed by atoms with Crippen molar-refractivity contribution in [3.05, 3.63) is 22.4 Å². The Morgan fingerprint density at radius 1 is 1.44 bits per heavy atom. The summed E-state index contributed by atoms with van der Waals surface area (Å²) in [6.07, 6.45) is -0.0218. The van der Waals surface area contributed by atoms with Gasteiger partial charge in [-0.3, -0.25) is 4.79 Å². The van der Waals surface area contributed by atoms with Gasteiger partial charge in [-0.15, -0.1) is 0 Å². The van der Waals surface area contributed by atoms with E-state index >= 15 is 0 Å². The van der Waals surface area contributed by atoms with Crippen molar-refractivity contribution in [2.75, 3.05) is 0 Å². The first kappa shape index (κ1) is 14.7. The summed E-state index contributed by atoms with van der Waals surface area (Å²) < 4.78 is 5.14. The summed E-state index contributed by atoms with van der Waals surface area (Å²) in [5.74, 6) is -0.0791. The molecule has 1 heterocycles. The largest absolute Gasteiger partial charge is 0.444 e. The number of ether oxygens (including phenoxy) is 1. The summed E-state index contributed by atoms with van der Waals surface area (Å²) in [5, 5.41) is 6.23. The highest BCUT2D eigenvalue weighted by Crippen LogP contribution is 2.12. The van der Waals surface area contributed by atoms with Crippen LogP contribution in [0.4, 0.5) is 4.79 Å². The first-order valence-electron chi connectivity index (χ1n) is 5.89. The molecule has 0 radical (unpaired) electrons. The summed E-state index contributed by atoms with van der Waals surface area (Å²) in [6.45, 7) is 7.21. The lowest BCUT2D eigenvalue weighted by Crippen LogP contribution is -2.43. The lowest BCUT2D eigenvalue weighted by Gasteiger charge is -2.22. The third-order valence-corrected chi connectivity index (χ3v) is 2.90. The maximum atomic E-state index is 12.1. The molecule has 1 aromatic heterocycles. The molecule has 18 heavy (non-hydrogen) atoms. The molecule has 1 amide bonds. The van der Waals surface area contributed by atoms with Gasteiger partial charge in [0.2, 0.25) is 0 Å². The molecule has 0 aromatic carbocycles. The second kappa shape index (κ2) is 6.00. The highest BCUT2D eigenvalue weighted by atomic mass is 32.1. The quantitative estimate of drug-likeness (QED) is 0.854. The number of alkyl carbamates (subject to hydrolysis) is 1. The Morgan fingerprint density at radius 3 is 2.56 bits per heavy atom. The molecule has 0 aliphatic heterocycles. The molecule has 0 unspecified atom stereocenters. The molecule has 4 nitrogen and oxygen atoms in total. The van der Waals surface area contributed by atoms with Gasteiger partial charge in [-0.1, -0.05) is 6.92 Å². The van der Waals surface area contributed by atoms with Crippen LogP contribution in [-0.2, 0) is 4.74 Å². The fourth-order valence-corrected chi connectivity index (χ4v) is 2.05. The summed E-state index contributed by atoms with van der Waals surface area (Å²) >= 11 is 1.46. The summed E-state index contributed by atoms with van der Waals surface area (Å²) in [5.41, 5.74) is 0.0660. The third-order valence-electron chi connectivity index (χ3n) is 2.22. The van der Waals surface area contributed by atoms with Gasteiger partial charge in [-0.2, -0.15) is 11.3 Å². The van der Waals surface area contributed by atoms with Gasteiger partial charge in [0.05, 0.1) is 6.04 Å². The van der Waals surface area contributed by atoms with Crippen molar-refractivity contribution in [3.63, 3.8) is 0 Å². The van der Waals surface area contributed by atoms with Crippen molar-refractivity contribution >= 4 is 23.2 Å². The molecule has 1 N–H and O–H groups in total. The van der Waals surface area contributed by atoms with Crippen LogP contribution in [0.5, 0.6) is 0 Å². The Hall–Kier alpha value is -1.36. The smallest absolute Gasteiger partial charge is 0.408 e. The molecular weight excluding hydrogens is 250 g/mol. The number of Topliss-reactive ketones (excluding diaryl/α,β-unsaturated/α-hetero) is 1. The molecule has 0 saturated carbocycles. The summed E-state index contributed by atoms with van der Waals surface area (Å²) in [7, 11) is 0. The minimum Gasteiger partial charge on any atom is -0.444 e. The Bertz CT molecular complexity index is 406. The molecule has 0 aliphatic rings. The molecule has 0 aliphatic carbocycles. The van der Waals surface area contributed by atoms with Crippen molar-refractivity contribution in [2.45, 2.75) is 45.8 Å². The van der Waals surface area contributed by atoms with E-state index in [0.717, 1.165) is 0 Å². The van der Waals surface area contributed by atoms with Gasteiger partial charge in [-0.25, -0.2) is 4.79 Å². The maximum Gasteiger partial charge on any atom is 0.408 e. The zero-order valence-electron chi connectivity index (χ0n) is 11.1. The van der Waals surface area contributed by atoms with E-state index in [0.29, 0.717) is 12.0 Å². The van der Waals surface area contributed by atoms with Crippen LogP contribution in [0.3, 0.4) is 0 Å². The molecule has 1 aromatic rings. The second-order valence-corrected chi connectivity index (χ2v) is 5.76. The fraction of sp³-hybridized carbons (Fsp3) is 0.538. The first-order valence-corrected chi connectivity index (χ1v) is 6.83. The van der Waals surface area contributed by atoms with E-state index in [9.17, 15) is 9.59 Å². The van der Waals surface area contributed by atoms with E-state index < -0.39 is 17.7 Å². The summed E-state index contributed by atoms with van der Waals surface area (Å²) in [4.78, 5) is 23.7. The van der Waals surface area contributed by atoms with Gasteiger partial charge in [0, 0.05) is 10.9 Å². The van der Waals surface area contributed by atoms with Crippen LogP contribution in [0.1, 0.15) is 44.5 Å². The molecule has 0 saturated heterocycles. The zero-order valence-corrected chi connectivity index (χ0v) is 12.0. The standard InChI is InChI=1S/C13H19NO3S/c1-5-10(11(15)9-6-7-18-8-9)14-12(16)17-13(2,3)4/h6-8,10H,5H2,1-4H3,(H,14,16)/t10-/m1/s1. The van der Waals surface area contributed by atoms with Gasteiger partial charge in [0.25, 0.3) is 0 Å². The number of ketones is 1. The molecule has 0 bridgehead atoms. The second-order valence-electron chi connectivity index (χ2n) is 4.98. The summed E-state index contributed by atoms with van der Waals surface area (Å²) in [6, 6.07) is 1.22. The van der Waals surface area contributed by atoms with Crippen molar-refractivity contribution in [2.24, 2.45) is 0 Å². The molecular formula is C13H19NO3S. The number of nitrogens with one attached hydrogen (secondary N) is 1. The van der Waals surface area contributed by atoms with Gasteiger partial charge in [-0.05, 0) is 38.6 Å². The van der Waals surface area contributed by atoms with E-state index in [1.807, 2.05) is 12.3 Å². The average Bonchev–Trinajstić information content (AvgIpc) is 2.75. The highest BCUT2D eigenvalue weighted by molar-refractivity contribution is 7.08. The number of rotatable bonds is 4. The number of carbonyl (C=O) groups is 2. The monoisotopic (exact) mass is 269 g/mol. The molecule has 1 rings (SSSR count).